The minimum Gasteiger partial charge on any atom is -0.507 e. The van der Waals surface area contributed by atoms with Crippen molar-refractivity contribution in [2.45, 2.75) is 31.7 Å². The number of unbranched alkanes of at least 4 members (excludes halogenated alkanes) is 1. The number of carbonyl (C=O) groups excluding carboxylic acids is 3. The van der Waals surface area contributed by atoms with Crippen LogP contribution in [0.5, 0.6) is 0 Å². The van der Waals surface area contributed by atoms with Gasteiger partial charge in [0.1, 0.15) is 5.76 Å². The summed E-state index contributed by atoms with van der Waals surface area (Å²) in [5.74, 6) is -2.50. The number of benzene rings is 2. The van der Waals surface area contributed by atoms with Crippen molar-refractivity contribution in [3.63, 3.8) is 0 Å². The van der Waals surface area contributed by atoms with Crippen LogP contribution in [0.2, 0.25) is 5.02 Å². The lowest BCUT2D eigenvalue weighted by atomic mass is 9.82. The Morgan fingerprint density at radius 1 is 1.03 bits per heavy atom. The molecule has 1 spiro atoms. The zero-order valence-electron chi connectivity index (χ0n) is 19.2. The highest BCUT2D eigenvalue weighted by molar-refractivity contribution is 6.50. The number of rotatable bonds is 8. The van der Waals surface area contributed by atoms with E-state index in [0.717, 1.165) is 12.8 Å². The van der Waals surface area contributed by atoms with Crippen molar-refractivity contribution in [3.05, 3.63) is 70.3 Å². The molecule has 0 saturated carbocycles. The Hall–Kier alpha value is -3.16. The molecule has 7 nitrogen and oxygen atoms in total. The highest BCUT2D eigenvalue weighted by Gasteiger charge is 2.66. The molecule has 0 aliphatic carbocycles. The number of para-hydroxylation sites is 1. The van der Waals surface area contributed by atoms with E-state index in [1.807, 2.05) is 19.1 Å². The number of likely N-dealkylation sites (tertiary alicyclic amines) is 1. The number of hydrogen-bond donors (Lipinski definition) is 1. The second-order valence-electron chi connectivity index (χ2n) is 8.40. The van der Waals surface area contributed by atoms with Gasteiger partial charge >= 0.3 is 0 Å². The van der Waals surface area contributed by atoms with Gasteiger partial charge in [-0.1, -0.05) is 43.1 Å². The van der Waals surface area contributed by atoms with Gasteiger partial charge in [0.2, 0.25) is 0 Å². The van der Waals surface area contributed by atoms with E-state index in [9.17, 15) is 19.5 Å². The largest absolute Gasteiger partial charge is 0.507 e. The first-order chi connectivity index (χ1) is 16.4. The molecule has 1 N–H and O–H groups in total. The van der Waals surface area contributed by atoms with Crippen molar-refractivity contribution in [3.8, 4) is 0 Å². The first kappa shape index (κ1) is 24.0. The quantitative estimate of drug-likeness (QED) is 0.265. The van der Waals surface area contributed by atoms with Crippen molar-refractivity contribution in [2.24, 2.45) is 0 Å². The molecule has 2 amide bonds. The molecule has 2 aliphatic rings. The predicted octanol–water partition coefficient (Wildman–Crippen LogP) is 4.10. The third kappa shape index (κ3) is 3.60. The van der Waals surface area contributed by atoms with Crippen LogP contribution in [-0.2, 0) is 24.7 Å². The Labute approximate surface area is 203 Å². The Morgan fingerprint density at radius 2 is 1.74 bits per heavy atom. The Morgan fingerprint density at radius 3 is 2.41 bits per heavy atom. The van der Waals surface area contributed by atoms with Crippen LogP contribution in [0.1, 0.15) is 37.3 Å². The van der Waals surface area contributed by atoms with E-state index in [-0.39, 0.29) is 12.1 Å². The van der Waals surface area contributed by atoms with Crippen LogP contribution in [0.4, 0.5) is 5.69 Å². The molecule has 2 aliphatic heterocycles. The number of anilines is 1. The number of halogens is 1. The van der Waals surface area contributed by atoms with Crippen molar-refractivity contribution in [1.82, 2.24) is 4.90 Å². The summed E-state index contributed by atoms with van der Waals surface area (Å²) >= 11 is 6.00. The highest BCUT2D eigenvalue weighted by atomic mass is 35.5. The summed E-state index contributed by atoms with van der Waals surface area (Å²) in [5.41, 5.74) is -0.495. The number of carbonyl (C=O) groups is 3. The van der Waals surface area contributed by atoms with Gasteiger partial charge in [-0.15, -0.1) is 0 Å². The Kier molecular flexibility index (Phi) is 6.77. The summed E-state index contributed by atoms with van der Waals surface area (Å²) < 4.78 is 5.15. The summed E-state index contributed by atoms with van der Waals surface area (Å²) in [6.07, 6.45) is 2.05. The van der Waals surface area contributed by atoms with Gasteiger partial charge < -0.3 is 19.6 Å². The second-order valence-corrected chi connectivity index (χ2v) is 8.84. The molecule has 0 radical (unpaired) electrons. The van der Waals surface area contributed by atoms with E-state index >= 15 is 0 Å². The number of fused-ring (bicyclic) bond motifs is 2. The number of hydrogen-bond acceptors (Lipinski definition) is 5. The molecule has 34 heavy (non-hydrogen) atoms. The molecule has 0 bridgehead atoms. The van der Waals surface area contributed by atoms with Gasteiger partial charge in [-0.25, -0.2) is 0 Å². The molecule has 0 aromatic heterocycles. The van der Waals surface area contributed by atoms with Crippen LogP contribution >= 0.6 is 11.6 Å². The van der Waals surface area contributed by atoms with Crippen LogP contribution in [0.3, 0.4) is 0 Å². The highest BCUT2D eigenvalue weighted by Crippen LogP contribution is 2.53. The number of Topliss-reactive ketones (excluding diaryl/α,β-unsaturated/α-hetero) is 1. The van der Waals surface area contributed by atoms with Gasteiger partial charge in [-0.2, -0.15) is 0 Å². The van der Waals surface area contributed by atoms with E-state index < -0.39 is 28.9 Å². The fourth-order valence-corrected chi connectivity index (χ4v) is 4.95. The van der Waals surface area contributed by atoms with Crippen LogP contribution in [0.25, 0.3) is 5.76 Å². The molecule has 1 atom stereocenters. The molecule has 0 unspecified atom stereocenters. The summed E-state index contributed by atoms with van der Waals surface area (Å²) in [4.78, 5) is 43.9. The van der Waals surface area contributed by atoms with E-state index in [0.29, 0.717) is 41.4 Å². The smallest absolute Gasteiger partial charge is 0.296 e. The van der Waals surface area contributed by atoms with Gasteiger partial charge in [0.05, 0.1) is 11.3 Å². The van der Waals surface area contributed by atoms with Crippen LogP contribution in [-0.4, -0.2) is 54.4 Å². The second kappa shape index (κ2) is 9.60. The standard InChI is InChI=1S/C26H27ClN2O5/c1-3-4-14-28-20-9-6-5-8-19(20)26(25(28)33)21(22(30)17-10-12-18(27)13-11-17)23(31)24(32)29(26)15-7-16-34-2/h5-6,8-13,30H,3-4,7,14-16H2,1-2H3/t26-/m1/s1. The van der Waals surface area contributed by atoms with E-state index in [4.69, 9.17) is 16.3 Å². The number of ketones is 1. The summed E-state index contributed by atoms with van der Waals surface area (Å²) in [6, 6.07) is 13.4. The fourth-order valence-electron chi connectivity index (χ4n) is 4.82. The molecule has 178 valence electrons. The zero-order valence-corrected chi connectivity index (χ0v) is 20.0. The van der Waals surface area contributed by atoms with Gasteiger partial charge in [-0.3, -0.25) is 14.4 Å². The summed E-state index contributed by atoms with van der Waals surface area (Å²) in [5, 5.41) is 11.8. The molecule has 2 aromatic carbocycles. The van der Waals surface area contributed by atoms with Crippen molar-refractivity contribution >= 4 is 40.6 Å². The van der Waals surface area contributed by atoms with Crippen molar-refractivity contribution < 1.29 is 24.2 Å². The lowest BCUT2D eigenvalue weighted by molar-refractivity contribution is -0.143. The molecule has 4 rings (SSSR count). The average molecular weight is 483 g/mol. The lowest BCUT2D eigenvalue weighted by Gasteiger charge is -2.34. The molecular formula is C26H27ClN2O5. The van der Waals surface area contributed by atoms with E-state index in [1.54, 1.807) is 48.4 Å². The molecule has 1 fully saturated rings. The molecule has 2 heterocycles. The molecule has 2 aromatic rings. The van der Waals surface area contributed by atoms with Gasteiger partial charge in [-0.05, 0) is 43.2 Å². The minimum absolute atomic E-state index is 0.123. The SMILES string of the molecule is CCCCN1C(=O)[C@]2(C(=C(O)c3ccc(Cl)cc3)C(=O)C(=O)N2CCCOC)c2ccccc21. The maximum absolute atomic E-state index is 14.2. The van der Waals surface area contributed by atoms with E-state index in [2.05, 4.69) is 0 Å². The van der Waals surface area contributed by atoms with Crippen molar-refractivity contribution in [2.75, 3.05) is 31.7 Å². The molecule has 8 heteroatoms. The number of amides is 2. The fraction of sp³-hybridized carbons (Fsp3) is 0.346. The lowest BCUT2D eigenvalue weighted by Crippen LogP contribution is -2.52. The minimum atomic E-state index is -1.74. The zero-order chi connectivity index (χ0) is 24.5. The number of aliphatic hydroxyl groups is 1. The number of methoxy groups -OCH3 is 1. The maximum atomic E-state index is 14.2. The first-order valence-corrected chi connectivity index (χ1v) is 11.7. The first-order valence-electron chi connectivity index (χ1n) is 11.4. The van der Waals surface area contributed by atoms with Crippen LogP contribution in [0.15, 0.2) is 54.1 Å². The average Bonchev–Trinajstić information content (AvgIpc) is 3.21. The third-order valence-corrected chi connectivity index (χ3v) is 6.64. The number of nitrogens with zero attached hydrogens (tertiary/aromatic N) is 2. The van der Waals surface area contributed by atoms with Crippen LogP contribution < -0.4 is 4.90 Å². The van der Waals surface area contributed by atoms with Gasteiger partial charge in [0.25, 0.3) is 17.6 Å². The van der Waals surface area contributed by atoms with Crippen LogP contribution in [0, 0.1) is 0 Å². The summed E-state index contributed by atoms with van der Waals surface area (Å²) in [6.45, 7) is 2.94. The normalized spacial score (nSPS) is 21.1. The summed E-state index contributed by atoms with van der Waals surface area (Å²) in [7, 11) is 1.55. The maximum Gasteiger partial charge on any atom is 0.296 e. The third-order valence-electron chi connectivity index (χ3n) is 6.39. The van der Waals surface area contributed by atoms with Gasteiger partial charge in [0.15, 0.2) is 5.54 Å². The molecular weight excluding hydrogens is 456 g/mol. The predicted molar refractivity (Wildman–Crippen MR) is 130 cm³/mol. The Bertz CT molecular complexity index is 1160. The van der Waals surface area contributed by atoms with Crippen molar-refractivity contribution in [1.29, 1.82) is 0 Å². The number of ether oxygens (including phenoxy) is 1. The monoisotopic (exact) mass is 482 g/mol. The van der Waals surface area contributed by atoms with Gasteiger partial charge in [0, 0.05) is 43.0 Å². The Balaban J connectivity index is 1.99. The topological polar surface area (TPSA) is 87.2 Å². The number of aliphatic hydroxyl groups excluding tert-OH is 1. The molecule has 1 saturated heterocycles. The van der Waals surface area contributed by atoms with E-state index in [1.165, 1.54) is 4.90 Å².